The van der Waals surface area contributed by atoms with Gasteiger partial charge in [0.1, 0.15) is 18.3 Å². The minimum Gasteiger partial charge on any atom is -0.394 e. The molecule has 0 aliphatic carbocycles. The van der Waals surface area contributed by atoms with Crippen LogP contribution in [0.3, 0.4) is 0 Å². The maximum atomic E-state index is 9.72. The van der Waals surface area contributed by atoms with Crippen LogP contribution in [0.2, 0.25) is 0 Å². The maximum Gasteiger partial charge on any atom is 0.168 e. The second-order valence-corrected chi connectivity index (χ2v) is 4.01. The van der Waals surface area contributed by atoms with Crippen molar-refractivity contribution >= 4 is 0 Å². The Bertz CT molecular complexity index is 221. The van der Waals surface area contributed by atoms with E-state index < -0.39 is 18.0 Å². The zero-order valence-corrected chi connectivity index (χ0v) is 8.34. The van der Waals surface area contributed by atoms with Crippen LogP contribution in [0.5, 0.6) is 0 Å². The second-order valence-electron chi connectivity index (χ2n) is 4.01. The van der Waals surface area contributed by atoms with Gasteiger partial charge in [0.2, 0.25) is 0 Å². The second kappa shape index (κ2) is 3.43. The molecular weight excluding hydrogens is 188 g/mol. The van der Waals surface area contributed by atoms with Crippen LogP contribution in [0.15, 0.2) is 0 Å². The largest absolute Gasteiger partial charge is 0.394 e. The molecule has 2 aliphatic heterocycles. The van der Waals surface area contributed by atoms with Crippen LogP contribution in [-0.4, -0.2) is 54.1 Å². The molecule has 2 N–H and O–H groups in total. The normalized spacial score (nSPS) is 52.3. The first-order valence-corrected chi connectivity index (χ1v) is 4.77. The highest BCUT2D eigenvalue weighted by Gasteiger charge is 2.54. The zero-order chi connectivity index (χ0) is 10.3. The van der Waals surface area contributed by atoms with E-state index in [1.807, 2.05) is 6.92 Å². The molecule has 2 fully saturated rings. The van der Waals surface area contributed by atoms with E-state index in [4.69, 9.17) is 19.3 Å². The maximum absolute atomic E-state index is 9.72. The third-order valence-corrected chi connectivity index (χ3v) is 3.00. The molecule has 0 spiro atoms. The molecule has 0 amide bonds. The number of ether oxygens (including phenoxy) is 3. The fourth-order valence-corrected chi connectivity index (χ4v) is 2.11. The highest BCUT2D eigenvalue weighted by molar-refractivity contribution is 4.98. The van der Waals surface area contributed by atoms with Crippen molar-refractivity contribution in [3.05, 3.63) is 0 Å². The van der Waals surface area contributed by atoms with E-state index in [0.717, 1.165) is 0 Å². The predicted molar refractivity (Wildman–Crippen MR) is 46.7 cm³/mol. The van der Waals surface area contributed by atoms with E-state index >= 15 is 0 Å². The molecule has 2 aliphatic rings. The molecule has 2 heterocycles. The summed E-state index contributed by atoms with van der Waals surface area (Å²) in [6.45, 7) is 1.64. The summed E-state index contributed by atoms with van der Waals surface area (Å²) in [4.78, 5) is 0. The summed E-state index contributed by atoms with van der Waals surface area (Å²) in [7, 11) is 1.57. The number of hydrogen-bond donors (Lipinski definition) is 2. The molecule has 5 atom stereocenters. The Morgan fingerprint density at radius 2 is 2.29 bits per heavy atom. The highest BCUT2D eigenvalue weighted by Crippen LogP contribution is 2.39. The van der Waals surface area contributed by atoms with Crippen molar-refractivity contribution < 1.29 is 24.4 Å². The van der Waals surface area contributed by atoms with Crippen LogP contribution in [0.25, 0.3) is 0 Å². The zero-order valence-electron chi connectivity index (χ0n) is 8.34. The molecule has 2 saturated heterocycles. The molecule has 5 heteroatoms. The van der Waals surface area contributed by atoms with Crippen LogP contribution < -0.4 is 0 Å². The lowest BCUT2D eigenvalue weighted by Gasteiger charge is -2.25. The molecule has 0 aromatic rings. The Balaban J connectivity index is 2.05. The van der Waals surface area contributed by atoms with E-state index in [9.17, 15) is 5.11 Å². The van der Waals surface area contributed by atoms with Gasteiger partial charge >= 0.3 is 0 Å². The van der Waals surface area contributed by atoms with Crippen LogP contribution >= 0.6 is 0 Å². The molecule has 2 rings (SSSR count). The van der Waals surface area contributed by atoms with Gasteiger partial charge in [-0.1, -0.05) is 0 Å². The van der Waals surface area contributed by atoms with Crippen molar-refractivity contribution in [2.24, 2.45) is 0 Å². The van der Waals surface area contributed by atoms with Gasteiger partial charge in [-0.2, -0.15) is 0 Å². The van der Waals surface area contributed by atoms with Crippen LogP contribution in [-0.2, 0) is 14.2 Å². The first kappa shape index (κ1) is 10.3. The van der Waals surface area contributed by atoms with Gasteiger partial charge in [-0.05, 0) is 6.92 Å². The minimum atomic E-state index is -0.762. The SMILES string of the molecule is CO[C@]1(C)C[C@H]2O[C@H](CO)[C@@H](O)[C@H]2O1. The smallest absolute Gasteiger partial charge is 0.168 e. The van der Waals surface area contributed by atoms with E-state index in [2.05, 4.69) is 0 Å². The van der Waals surface area contributed by atoms with Crippen LogP contribution in [0.1, 0.15) is 13.3 Å². The van der Waals surface area contributed by atoms with Gasteiger partial charge in [-0.3, -0.25) is 0 Å². The van der Waals surface area contributed by atoms with Crippen LogP contribution in [0, 0.1) is 0 Å². The van der Waals surface area contributed by atoms with E-state index in [1.54, 1.807) is 7.11 Å². The third-order valence-electron chi connectivity index (χ3n) is 3.00. The molecular formula is C9H16O5. The van der Waals surface area contributed by atoms with Crippen molar-refractivity contribution in [3.8, 4) is 0 Å². The van der Waals surface area contributed by atoms with E-state index in [1.165, 1.54) is 0 Å². The number of methoxy groups -OCH3 is 1. The Morgan fingerprint density at radius 1 is 1.57 bits per heavy atom. The van der Waals surface area contributed by atoms with Gasteiger partial charge in [0, 0.05) is 13.5 Å². The van der Waals surface area contributed by atoms with Gasteiger partial charge in [0.15, 0.2) is 5.79 Å². The van der Waals surface area contributed by atoms with Gasteiger partial charge in [-0.25, -0.2) is 0 Å². The summed E-state index contributed by atoms with van der Waals surface area (Å²) >= 11 is 0. The molecule has 0 aromatic carbocycles. The fourth-order valence-electron chi connectivity index (χ4n) is 2.11. The first-order chi connectivity index (χ1) is 6.59. The number of hydrogen-bond acceptors (Lipinski definition) is 5. The third kappa shape index (κ3) is 1.45. The van der Waals surface area contributed by atoms with Crippen molar-refractivity contribution in [2.75, 3.05) is 13.7 Å². The quantitative estimate of drug-likeness (QED) is 0.620. The molecule has 0 unspecified atom stereocenters. The molecule has 14 heavy (non-hydrogen) atoms. The lowest BCUT2D eigenvalue weighted by molar-refractivity contribution is -0.215. The fraction of sp³-hybridized carbons (Fsp3) is 1.00. The molecule has 82 valence electrons. The molecule has 5 nitrogen and oxygen atoms in total. The van der Waals surface area contributed by atoms with Gasteiger partial charge in [0.05, 0.1) is 12.7 Å². The monoisotopic (exact) mass is 204 g/mol. The van der Waals surface area contributed by atoms with Crippen molar-refractivity contribution in [1.82, 2.24) is 0 Å². The predicted octanol–water partition coefficient (Wildman–Crippen LogP) is -0.742. The Labute approximate surface area is 82.6 Å². The molecule has 0 radical (unpaired) electrons. The Morgan fingerprint density at radius 3 is 2.79 bits per heavy atom. The highest BCUT2D eigenvalue weighted by atomic mass is 16.7. The average Bonchev–Trinajstić information content (AvgIpc) is 2.64. The summed E-state index contributed by atoms with van der Waals surface area (Å²) in [5, 5.41) is 18.6. The van der Waals surface area contributed by atoms with E-state index in [-0.39, 0.29) is 18.8 Å². The average molecular weight is 204 g/mol. The van der Waals surface area contributed by atoms with E-state index in [0.29, 0.717) is 6.42 Å². The van der Waals surface area contributed by atoms with Crippen molar-refractivity contribution in [1.29, 1.82) is 0 Å². The molecule has 0 saturated carbocycles. The summed E-state index contributed by atoms with van der Waals surface area (Å²) in [6, 6.07) is 0. The number of rotatable bonds is 2. The first-order valence-electron chi connectivity index (χ1n) is 4.77. The number of aliphatic hydroxyl groups is 2. The molecule has 0 bridgehead atoms. The van der Waals surface area contributed by atoms with Crippen molar-refractivity contribution in [3.63, 3.8) is 0 Å². The van der Waals surface area contributed by atoms with Gasteiger partial charge < -0.3 is 24.4 Å². The lowest BCUT2D eigenvalue weighted by atomic mass is 10.1. The Hall–Kier alpha value is -0.200. The summed E-state index contributed by atoms with van der Waals surface area (Å²) in [5.74, 6) is -0.670. The topological polar surface area (TPSA) is 68.2 Å². The Kier molecular flexibility index (Phi) is 2.53. The summed E-state index contributed by atoms with van der Waals surface area (Å²) in [5.41, 5.74) is 0. The lowest BCUT2D eigenvalue weighted by Crippen LogP contribution is -2.37. The number of fused-ring (bicyclic) bond motifs is 1. The van der Waals surface area contributed by atoms with Gasteiger partial charge in [-0.15, -0.1) is 0 Å². The molecule has 0 aromatic heterocycles. The summed E-state index contributed by atoms with van der Waals surface area (Å²) < 4.78 is 16.2. The summed E-state index contributed by atoms with van der Waals surface area (Å²) in [6.07, 6.45) is -1.25. The standard InChI is InChI=1S/C9H16O5/c1-9(12-2)3-5-8(14-9)7(11)6(4-10)13-5/h5-8,10-11H,3-4H2,1-2H3/t5-,6-,7-,8+,9+/m1/s1. The van der Waals surface area contributed by atoms with Gasteiger partial charge in [0.25, 0.3) is 0 Å². The number of aliphatic hydroxyl groups excluding tert-OH is 2. The van der Waals surface area contributed by atoms with Crippen molar-refractivity contribution in [2.45, 2.75) is 43.5 Å². The minimum absolute atomic E-state index is 0.174. The van der Waals surface area contributed by atoms with Crippen LogP contribution in [0.4, 0.5) is 0 Å².